The SMILES string of the molecule is CCC(CCO)NC(=O)c1csc(-c2ccc(OC)cc2)n1. The van der Waals surface area contributed by atoms with Crippen molar-refractivity contribution in [1.29, 1.82) is 0 Å². The number of aliphatic hydroxyl groups excluding tert-OH is 1. The van der Waals surface area contributed by atoms with Crippen LogP contribution in [-0.4, -0.2) is 35.8 Å². The Morgan fingerprint density at radius 1 is 1.41 bits per heavy atom. The number of carbonyl (C=O) groups excluding carboxylic acids is 1. The maximum Gasteiger partial charge on any atom is 0.270 e. The minimum Gasteiger partial charge on any atom is -0.497 e. The molecule has 0 saturated heterocycles. The molecule has 118 valence electrons. The van der Waals surface area contributed by atoms with Gasteiger partial charge in [-0.2, -0.15) is 0 Å². The topological polar surface area (TPSA) is 71.5 Å². The molecule has 5 nitrogen and oxygen atoms in total. The van der Waals surface area contributed by atoms with E-state index < -0.39 is 0 Å². The molecule has 0 aliphatic rings. The molecule has 2 aromatic rings. The molecule has 0 bridgehead atoms. The summed E-state index contributed by atoms with van der Waals surface area (Å²) in [4.78, 5) is 16.6. The highest BCUT2D eigenvalue weighted by Crippen LogP contribution is 2.25. The van der Waals surface area contributed by atoms with Gasteiger partial charge in [0.15, 0.2) is 0 Å². The molecule has 1 unspecified atom stereocenters. The van der Waals surface area contributed by atoms with Crippen LogP contribution in [0.1, 0.15) is 30.3 Å². The van der Waals surface area contributed by atoms with Crippen LogP contribution in [0, 0.1) is 0 Å². The Balaban J connectivity index is 2.08. The van der Waals surface area contributed by atoms with E-state index in [1.807, 2.05) is 31.2 Å². The first-order chi connectivity index (χ1) is 10.7. The van der Waals surface area contributed by atoms with E-state index in [2.05, 4.69) is 10.3 Å². The Morgan fingerprint density at radius 2 is 2.14 bits per heavy atom. The van der Waals surface area contributed by atoms with Crippen LogP contribution in [0.5, 0.6) is 5.75 Å². The molecule has 0 aliphatic carbocycles. The molecule has 1 aromatic carbocycles. The number of aliphatic hydroxyl groups is 1. The molecule has 0 spiro atoms. The summed E-state index contributed by atoms with van der Waals surface area (Å²) in [6, 6.07) is 7.54. The predicted molar refractivity (Wildman–Crippen MR) is 87.4 cm³/mol. The molecule has 0 saturated carbocycles. The molecule has 0 fully saturated rings. The number of benzene rings is 1. The van der Waals surface area contributed by atoms with E-state index in [1.165, 1.54) is 11.3 Å². The van der Waals surface area contributed by atoms with Crippen LogP contribution >= 0.6 is 11.3 Å². The van der Waals surface area contributed by atoms with Crippen molar-refractivity contribution in [3.8, 4) is 16.3 Å². The monoisotopic (exact) mass is 320 g/mol. The number of aromatic nitrogens is 1. The fourth-order valence-corrected chi connectivity index (χ4v) is 2.84. The number of hydrogen-bond donors (Lipinski definition) is 2. The average molecular weight is 320 g/mol. The zero-order chi connectivity index (χ0) is 15.9. The molecule has 1 amide bonds. The highest BCUT2D eigenvalue weighted by Gasteiger charge is 2.15. The molecule has 0 aliphatic heterocycles. The molecule has 1 atom stereocenters. The lowest BCUT2D eigenvalue weighted by molar-refractivity contribution is 0.0925. The van der Waals surface area contributed by atoms with Crippen molar-refractivity contribution in [2.45, 2.75) is 25.8 Å². The first-order valence-electron chi connectivity index (χ1n) is 7.19. The summed E-state index contributed by atoms with van der Waals surface area (Å²) < 4.78 is 5.13. The van der Waals surface area contributed by atoms with Crippen molar-refractivity contribution in [2.24, 2.45) is 0 Å². The van der Waals surface area contributed by atoms with Crippen molar-refractivity contribution in [3.05, 3.63) is 35.3 Å². The van der Waals surface area contributed by atoms with Gasteiger partial charge < -0.3 is 15.2 Å². The van der Waals surface area contributed by atoms with Gasteiger partial charge >= 0.3 is 0 Å². The number of nitrogens with zero attached hydrogens (tertiary/aromatic N) is 1. The van der Waals surface area contributed by atoms with Crippen molar-refractivity contribution < 1.29 is 14.6 Å². The fourth-order valence-electron chi connectivity index (χ4n) is 2.04. The summed E-state index contributed by atoms with van der Waals surface area (Å²) in [6.45, 7) is 2.04. The van der Waals surface area contributed by atoms with Crippen LogP contribution in [0.2, 0.25) is 0 Å². The first kappa shape index (κ1) is 16.5. The maximum atomic E-state index is 12.2. The smallest absolute Gasteiger partial charge is 0.270 e. The first-order valence-corrected chi connectivity index (χ1v) is 8.07. The van der Waals surface area contributed by atoms with Crippen molar-refractivity contribution in [3.63, 3.8) is 0 Å². The highest BCUT2D eigenvalue weighted by atomic mass is 32.1. The van der Waals surface area contributed by atoms with Gasteiger partial charge in [-0.3, -0.25) is 4.79 Å². The van der Waals surface area contributed by atoms with Crippen LogP contribution in [0.15, 0.2) is 29.6 Å². The summed E-state index contributed by atoms with van der Waals surface area (Å²) >= 11 is 1.43. The highest BCUT2D eigenvalue weighted by molar-refractivity contribution is 7.13. The van der Waals surface area contributed by atoms with E-state index in [0.717, 1.165) is 22.7 Å². The van der Waals surface area contributed by atoms with E-state index in [-0.39, 0.29) is 18.6 Å². The minimum atomic E-state index is -0.198. The molecule has 0 radical (unpaired) electrons. The van der Waals surface area contributed by atoms with E-state index in [4.69, 9.17) is 9.84 Å². The Hall–Kier alpha value is -1.92. The van der Waals surface area contributed by atoms with Gasteiger partial charge in [0.05, 0.1) is 7.11 Å². The Morgan fingerprint density at radius 3 is 2.73 bits per heavy atom. The molecule has 22 heavy (non-hydrogen) atoms. The maximum absolute atomic E-state index is 12.2. The third-order valence-electron chi connectivity index (χ3n) is 3.38. The van der Waals surface area contributed by atoms with Crippen LogP contribution in [0.25, 0.3) is 10.6 Å². The second kappa shape index (κ2) is 7.91. The van der Waals surface area contributed by atoms with Crippen LogP contribution < -0.4 is 10.1 Å². The molecule has 2 N–H and O–H groups in total. The van der Waals surface area contributed by atoms with Gasteiger partial charge in [0.25, 0.3) is 5.91 Å². The summed E-state index contributed by atoms with van der Waals surface area (Å²) in [5.74, 6) is 0.587. The van der Waals surface area contributed by atoms with Crippen LogP contribution in [0.3, 0.4) is 0 Å². The van der Waals surface area contributed by atoms with E-state index in [9.17, 15) is 4.79 Å². The summed E-state index contributed by atoms with van der Waals surface area (Å²) in [5.41, 5.74) is 1.36. The third kappa shape index (κ3) is 4.05. The van der Waals surface area contributed by atoms with Crippen molar-refractivity contribution in [2.75, 3.05) is 13.7 Å². The van der Waals surface area contributed by atoms with Gasteiger partial charge in [-0.25, -0.2) is 4.98 Å². The Kier molecular flexibility index (Phi) is 5.91. The molecule has 1 aromatic heterocycles. The average Bonchev–Trinajstić information content (AvgIpc) is 3.04. The van der Waals surface area contributed by atoms with Crippen LogP contribution in [0.4, 0.5) is 0 Å². The van der Waals surface area contributed by atoms with Crippen molar-refractivity contribution in [1.82, 2.24) is 10.3 Å². The Bertz CT molecular complexity index is 610. The quantitative estimate of drug-likeness (QED) is 0.823. The fraction of sp³-hybridized carbons (Fsp3) is 0.375. The Labute approximate surface area is 134 Å². The zero-order valence-electron chi connectivity index (χ0n) is 12.7. The lowest BCUT2D eigenvalue weighted by Crippen LogP contribution is -2.35. The van der Waals surface area contributed by atoms with Gasteiger partial charge in [0, 0.05) is 23.6 Å². The van der Waals surface area contributed by atoms with E-state index in [1.54, 1.807) is 12.5 Å². The number of carbonyl (C=O) groups is 1. The summed E-state index contributed by atoms with van der Waals surface area (Å²) in [5, 5.41) is 14.4. The molecule has 1 heterocycles. The lowest BCUT2D eigenvalue weighted by atomic mass is 10.1. The van der Waals surface area contributed by atoms with Crippen molar-refractivity contribution >= 4 is 17.2 Å². The standard InChI is InChI=1S/C16H20N2O3S/c1-3-12(8-9-19)17-15(20)14-10-22-16(18-14)11-4-6-13(21-2)7-5-11/h4-7,10,12,19H,3,8-9H2,1-2H3,(H,17,20). The number of amides is 1. The number of nitrogens with one attached hydrogen (secondary N) is 1. The van der Waals surface area contributed by atoms with Gasteiger partial charge in [-0.1, -0.05) is 6.92 Å². The number of thiazole rings is 1. The number of methoxy groups -OCH3 is 1. The number of ether oxygens (including phenoxy) is 1. The second-order valence-corrected chi connectivity index (χ2v) is 5.72. The van der Waals surface area contributed by atoms with Gasteiger partial charge in [0.2, 0.25) is 0 Å². The predicted octanol–water partition coefficient (Wildman–Crippen LogP) is 2.71. The second-order valence-electron chi connectivity index (χ2n) is 4.86. The summed E-state index contributed by atoms with van der Waals surface area (Å²) in [6.07, 6.45) is 1.33. The van der Waals surface area contributed by atoms with Crippen LogP contribution in [-0.2, 0) is 0 Å². The zero-order valence-corrected chi connectivity index (χ0v) is 13.5. The molecule has 6 heteroatoms. The summed E-state index contributed by atoms with van der Waals surface area (Å²) in [7, 11) is 1.62. The number of hydrogen-bond acceptors (Lipinski definition) is 5. The molecular weight excluding hydrogens is 300 g/mol. The van der Waals surface area contributed by atoms with Gasteiger partial charge in [0.1, 0.15) is 16.5 Å². The number of rotatable bonds is 7. The molecular formula is C16H20N2O3S. The van der Waals surface area contributed by atoms with E-state index >= 15 is 0 Å². The lowest BCUT2D eigenvalue weighted by Gasteiger charge is -2.14. The third-order valence-corrected chi connectivity index (χ3v) is 4.27. The van der Waals surface area contributed by atoms with Gasteiger partial charge in [-0.05, 0) is 37.1 Å². The molecule has 2 rings (SSSR count). The van der Waals surface area contributed by atoms with E-state index in [0.29, 0.717) is 12.1 Å². The normalized spacial score (nSPS) is 12.0. The van der Waals surface area contributed by atoms with Gasteiger partial charge in [-0.15, -0.1) is 11.3 Å². The minimum absolute atomic E-state index is 0.0244. The largest absolute Gasteiger partial charge is 0.497 e.